The zero-order chi connectivity index (χ0) is 20.8. The zero-order valence-electron chi connectivity index (χ0n) is 16.4. The molecule has 0 radical (unpaired) electrons. The molecule has 1 saturated heterocycles. The van der Waals surface area contributed by atoms with E-state index in [-0.39, 0.29) is 13.3 Å². The number of fused-ring (bicyclic) bond motifs is 1. The molecular formula is C21H21N3O5. The normalized spacial score (nSPS) is 20.0. The molecule has 0 spiro atoms. The van der Waals surface area contributed by atoms with Gasteiger partial charge in [0.15, 0.2) is 11.5 Å². The number of aryl methyl sites for hydroxylation is 2. The van der Waals surface area contributed by atoms with Crippen molar-refractivity contribution in [3.8, 4) is 11.5 Å². The van der Waals surface area contributed by atoms with E-state index in [0.717, 1.165) is 16.0 Å². The molecule has 0 aliphatic carbocycles. The molecule has 2 aliphatic rings. The third-order valence-corrected chi connectivity index (χ3v) is 5.27. The maximum absolute atomic E-state index is 13.1. The topological polar surface area (TPSA) is 97.0 Å². The average molecular weight is 395 g/mol. The average Bonchev–Trinajstić information content (AvgIpc) is 3.23. The summed E-state index contributed by atoms with van der Waals surface area (Å²) in [4.78, 5) is 39.0. The molecule has 2 heterocycles. The van der Waals surface area contributed by atoms with Gasteiger partial charge in [0, 0.05) is 5.69 Å². The van der Waals surface area contributed by atoms with E-state index in [1.165, 1.54) is 0 Å². The molecule has 0 aromatic heterocycles. The standard InChI is InChI=1S/C21H21N3O5/c1-12-5-4-6-13(2)18(12)22-17(25)10-24-19(26)21(3,23-20(24)27)14-7-8-15-16(9-14)29-11-28-15/h4-9H,10-11H2,1-3H3,(H,22,25)(H,23,27)/t21-/m1/s1. The highest BCUT2D eigenvalue weighted by atomic mass is 16.7. The van der Waals surface area contributed by atoms with Gasteiger partial charge in [0.1, 0.15) is 12.1 Å². The molecule has 0 unspecified atom stereocenters. The summed E-state index contributed by atoms with van der Waals surface area (Å²) in [6.07, 6.45) is 0. The first-order valence-corrected chi connectivity index (χ1v) is 9.20. The van der Waals surface area contributed by atoms with Crippen LogP contribution in [0.4, 0.5) is 10.5 Å². The lowest BCUT2D eigenvalue weighted by Gasteiger charge is -2.22. The Hall–Kier alpha value is -3.55. The highest BCUT2D eigenvalue weighted by Gasteiger charge is 2.49. The van der Waals surface area contributed by atoms with Gasteiger partial charge in [-0.05, 0) is 49.6 Å². The Labute approximate surface area is 167 Å². The van der Waals surface area contributed by atoms with Gasteiger partial charge in [0.2, 0.25) is 12.7 Å². The number of urea groups is 1. The number of hydrogen-bond acceptors (Lipinski definition) is 5. The van der Waals surface area contributed by atoms with Crippen LogP contribution in [0.25, 0.3) is 0 Å². The van der Waals surface area contributed by atoms with Crippen LogP contribution in [0, 0.1) is 13.8 Å². The van der Waals surface area contributed by atoms with Crippen LogP contribution in [0.3, 0.4) is 0 Å². The summed E-state index contributed by atoms with van der Waals surface area (Å²) in [7, 11) is 0. The summed E-state index contributed by atoms with van der Waals surface area (Å²) < 4.78 is 10.7. The number of para-hydroxylation sites is 1. The lowest BCUT2D eigenvalue weighted by atomic mass is 9.91. The van der Waals surface area contributed by atoms with E-state index in [0.29, 0.717) is 22.7 Å². The number of ether oxygens (including phenoxy) is 2. The molecule has 2 aromatic rings. The van der Waals surface area contributed by atoms with E-state index in [9.17, 15) is 14.4 Å². The summed E-state index contributed by atoms with van der Waals surface area (Å²) in [5.74, 6) is 0.148. The van der Waals surface area contributed by atoms with Gasteiger partial charge in [-0.3, -0.25) is 14.5 Å². The Bertz CT molecular complexity index is 1010. The second kappa shape index (κ2) is 6.80. The van der Waals surface area contributed by atoms with Gasteiger partial charge in [-0.15, -0.1) is 0 Å². The Morgan fingerprint density at radius 1 is 1.14 bits per heavy atom. The van der Waals surface area contributed by atoms with Crippen molar-refractivity contribution in [1.82, 2.24) is 10.2 Å². The Morgan fingerprint density at radius 2 is 1.83 bits per heavy atom. The van der Waals surface area contributed by atoms with Crippen molar-refractivity contribution in [1.29, 1.82) is 0 Å². The molecule has 1 atom stereocenters. The van der Waals surface area contributed by atoms with Crippen molar-refractivity contribution in [3.05, 3.63) is 53.1 Å². The van der Waals surface area contributed by atoms with Crippen molar-refractivity contribution in [2.75, 3.05) is 18.7 Å². The zero-order valence-corrected chi connectivity index (χ0v) is 16.4. The highest BCUT2D eigenvalue weighted by Crippen LogP contribution is 2.37. The lowest BCUT2D eigenvalue weighted by Crippen LogP contribution is -2.42. The fourth-order valence-electron chi connectivity index (χ4n) is 3.58. The Kier molecular flexibility index (Phi) is 4.41. The van der Waals surface area contributed by atoms with Crippen LogP contribution in [0.1, 0.15) is 23.6 Å². The van der Waals surface area contributed by atoms with Gasteiger partial charge in [0.05, 0.1) is 0 Å². The molecule has 2 N–H and O–H groups in total. The van der Waals surface area contributed by atoms with Crippen molar-refractivity contribution in [3.63, 3.8) is 0 Å². The van der Waals surface area contributed by atoms with Gasteiger partial charge in [-0.2, -0.15) is 0 Å². The SMILES string of the molecule is Cc1cccc(C)c1NC(=O)CN1C(=O)N[C@](C)(c2ccc3c(c2)OCO3)C1=O. The molecule has 2 aromatic carbocycles. The molecule has 150 valence electrons. The van der Waals surface area contributed by atoms with Crippen LogP contribution >= 0.6 is 0 Å². The largest absolute Gasteiger partial charge is 0.454 e. The summed E-state index contributed by atoms with van der Waals surface area (Å²) in [6, 6.07) is 10.1. The predicted octanol–water partition coefficient (Wildman–Crippen LogP) is 2.44. The number of rotatable bonds is 4. The maximum Gasteiger partial charge on any atom is 0.325 e. The van der Waals surface area contributed by atoms with E-state index in [1.807, 2.05) is 32.0 Å². The van der Waals surface area contributed by atoms with Crippen LogP contribution in [0.15, 0.2) is 36.4 Å². The molecule has 2 aliphatic heterocycles. The number of amides is 4. The molecule has 1 fully saturated rings. The molecule has 29 heavy (non-hydrogen) atoms. The first-order chi connectivity index (χ1) is 13.8. The summed E-state index contributed by atoms with van der Waals surface area (Å²) in [5.41, 5.74) is 1.75. The predicted molar refractivity (Wildman–Crippen MR) is 105 cm³/mol. The van der Waals surface area contributed by atoms with Crippen LogP contribution in [0.2, 0.25) is 0 Å². The number of carbonyl (C=O) groups is 3. The number of nitrogens with one attached hydrogen (secondary N) is 2. The van der Waals surface area contributed by atoms with Gasteiger partial charge in [0.25, 0.3) is 5.91 Å². The molecule has 8 heteroatoms. The first kappa shape index (κ1) is 18.8. The van der Waals surface area contributed by atoms with Gasteiger partial charge < -0.3 is 20.1 Å². The minimum absolute atomic E-state index is 0.112. The fourth-order valence-corrected chi connectivity index (χ4v) is 3.58. The van der Waals surface area contributed by atoms with Crippen LogP contribution in [-0.2, 0) is 15.1 Å². The monoisotopic (exact) mass is 395 g/mol. The van der Waals surface area contributed by atoms with Crippen molar-refractivity contribution in [2.24, 2.45) is 0 Å². The fraction of sp³-hybridized carbons (Fsp3) is 0.286. The number of carbonyl (C=O) groups excluding carboxylic acids is 3. The van der Waals surface area contributed by atoms with Gasteiger partial charge in [-0.25, -0.2) is 4.79 Å². The summed E-state index contributed by atoms with van der Waals surface area (Å²) in [5, 5.41) is 5.49. The minimum atomic E-state index is -1.29. The third kappa shape index (κ3) is 3.16. The van der Waals surface area contributed by atoms with Crippen LogP contribution in [0.5, 0.6) is 11.5 Å². The van der Waals surface area contributed by atoms with Crippen LogP contribution < -0.4 is 20.1 Å². The van der Waals surface area contributed by atoms with Crippen molar-refractivity contribution < 1.29 is 23.9 Å². The number of hydrogen-bond donors (Lipinski definition) is 2. The molecule has 8 nitrogen and oxygen atoms in total. The summed E-state index contributed by atoms with van der Waals surface area (Å²) in [6.45, 7) is 5.10. The number of imide groups is 1. The quantitative estimate of drug-likeness (QED) is 0.775. The molecule has 0 saturated carbocycles. The number of anilines is 1. The number of benzene rings is 2. The van der Waals surface area contributed by atoms with E-state index in [2.05, 4.69) is 10.6 Å². The third-order valence-electron chi connectivity index (χ3n) is 5.27. The first-order valence-electron chi connectivity index (χ1n) is 9.20. The Morgan fingerprint density at radius 3 is 2.55 bits per heavy atom. The molecule has 4 rings (SSSR count). The minimum Gasteiger partial charge on any atom is -0.454 e. The summed E-state index contributed by atoms with van der Waals surface area (Å²) >= 11 is 0. The van der Waals surface area contributed by atoms with E-state index < -0.39 is 23.4 Å². The van der Waals surface area contributed by atoms with E-state index in [1.54, 1.807) is 25.1 Å². The Balaban J connectivity index is 1.53. The van der Waals surface area contributed by atoms with Gasteiger partial charge in [-0.1, -0.05) is 24.3 Å². The second-order valence-electron chi connectivity index (χ2n) is 7.33. The molecular weight excluding hydrogens is 374 g/mol. The van der Waals surface area contributed by atoms with Crippen molar-refractivity contribution in [2.45, 2.75) is 26.3 Å². The number of nitrogens with zero attached hydrogens (tertiary/aromatic N) is 1. The lowest BCUT2D eigenvalue weighted by molar-refractivity contribution is -0.133. The van der Waals surface area contributed by atoms with Crippen molar-refractivity contribution >= 4 is 23.5 Å². The second-order valence-corrected chi connectivity index (χ2v) is 7.33. The smallest absolute Gasteiger partial charge is 0.325 e. The maximum atomic E-state index is 13.1. The molecule has 4 amide bonds. The van der Waals surface area contributed by atoms with E-state index in [4.69, 9.17) is 9.47 Å². The molecule has 0 bridgehead atoms. The van der Waals surface area contributed by atoms with E-state index >= 15 is 0 Å². The highest BCUT2D eigenvalue weighted by molar-refractivity contribution is 6.10. The van der Waals surface area contributed by atoms with Crippen LogP contribution in [-0.4, -0.2) is 36.1 Å². The van der Waals surface area contributed by atoms with Gasteiger partial charge >= 0.3 is 6.03 Å².